The molecule has 0 aliphatic rings. The van der Waals surface area contributed by atoms with E-state index in [2.05, 4.69) is 5.32 Å². The summed E-state index contributed by atoms with van der Waals surface area (Å²) in [5, 5.41) is 11.4. The summed E-state index contributed by atoms with van der Waals surface area (Å²) < 4.78 is 5.46. The van der Waals surface area contributed by atoms with Gasteiger partial charge in [0.1, 0.15) is 5.75 Å². The Hall–Kier alpha value is -3.08. The lowest BCUT2D eigenvalue weighted by Crippen LogP contribution is -2.28. The minimum absolute atomic E-state index is 0.134. The number of benzene rings is 2. The van der Waals surface area contributed by atoms with Gasteiger partial charge in [-0.2, -0.15) is 0 Å². The van der Waals surface area contributed by atoms with E-state index in [0.717, 1.165) is 11.6 Å². The van der Waals surface area contributed by atoms with Gasteiger partial charge in [-0.15, -0.1) is 0 Å². The van der Waals surface area contributed by atoms with Crippen LogP contribution < -0.4 is 10.1 Å². The SMILES string of the molecule is O=C(O)C=Cc1ccccc1OCC(=O)NCc1ccccc1. The third-order valence-electron chi connectivity index (χ3n) is 3.02. The van der Waals surface area contributed by atoms with E-state index in [0.29, 0.717) is 17.9 Å². The highest BCUT2D eigenvalue weighted by Gasteiger charge is 2.05. The molecule has 0 saturated carbocycles. The van der Waals surface area contributed by atoms with E-state index in [4.69, 9.17) is 9.84 Å². The number of rotatable bonds is 7. The highest BCUT2D eigenvalue weighted by Crippen LogP contribution is 2.19. The van der Waals surface area contributed by atoms with E-state index in [1.807, 2.05) is 30.3 Å². The van der Waals surface area contributed by atoms with Gasteiger partial charge in [0.05, 0.1) is 0 Å². The van der Waals surface area contributed by atoms with Gasteiger partial charge in [-0.25, -0.2) is 4.79 Å². The van der Waals surface area contributed by atoms with E-state index in [1.54, 1.807) is 24.3 Å². The highest BCUT2D eigenvalue weighted by molar-refractivity contribution is 5.86. The molecule has 0 saturated heterocycles. The molecule has 2 N–H and O–H groups in total. The molecule has 0 aliphatic carbocycles. The summed E-state index contributed by atoms with van der Waals surface area (Å²) in [6.07, 6.45) is 2.46. The van der Waals surface area contributed by atoms with E-state index >= 15 is 0 Å². The summed E-state index contributed by atoms with van der Waals surface area (Å²) in [6.45, 7) is 0.300. The fourth-order valence-corrected chi connectivity index (χ4v) is 1.90. The molecule has 23 heavy (non-hydrogen) atoms. The Bertz CT molecular complexity index is 695. The van der Waals surface area contributed by atoms with E-state index in [9.17, 15) is 9.59 Å². The predicted molar refractivity (Wildman–Crippen MR) is 86.9 cm³/mol. The smallest absolute Gasteiger partial charge is 0.328 e. The van der Waals surface area contributed by atoms with Crippen LogP contribution >= 0.6 is 0 Å². The molecule has 0 atom stereocenters. The Morgan fingerprint density at radius 3 is 2.48 bits per heavy atom. The number of hydrogen-bond donors (Lipinski definition) is 2. The highest BCUT2D eigenvalue weighted by atomic mass is 16.5. The molecule has 5 nitrogen and oxygen atoms in total. The largest absolute Gasteiger partial charge is 0.483 e. The number of ether oxygens (including phenoxy) is 1. The summed E-state index contributed by atoms with van der Waals surface area (Å²) in [5.74, 6) is -0.828. The van der Waals surface area contributed by atoms with Crippen molar-refractivity contribution in [2.24, 2.45) is 0 Å². The topological polar surface area (TPSA) is 75.6 Å². The van der Waals surface area contributed by atoms with Gasteiger partial charge in [0.2, 0.25) is 0 Å². The normalized spacial score (nSPS) is 10.4. The molecule has 0 radical (unpaired) electrons. The maximum Gasteiger partial charge on any atom is 0.328 e. The maximum atomic E-state index is 11.8. The van der Waals surface area contributed by atoms with Crippen molar-refractivity contribution in [3.8, 4) is 5.75 Å². The molecule has 0 aliphatic heterocycles. The van der Waals surface area contributed by atoms with Crippen molar-refractivity contribution in [1.82, 2.24) is 5.32 Å². The zero-order valence-corrected chi connectivity index (χ0v) is 12.4. The fourth-order valence-electron chi connectivity index (χ4n) is 1.90. The van der Waals surface area contributed by atoms with Gasteiger partial charge >= 0.3 is 5.97 Å². The number of nitrogens with one attached hydrogen (secondary N) is 1. The van der Waals surface area contributed by atoms with Crippen LogP contribution in [0.25, 0.3) is 6.08 Å². The van der Waals surface area contributed by atoms with Crippen molar-refractivity contribution in [3.63, 3.8) is 0 Å². The second-order valence-electron chi connectivity index (χ2n) is 4.76. The van der Waals surface area contributed by atoms with Crippen molar-refractivity contribution in [3.05, 3.63) is 71.8 Å². The second-order valence-corrected chi connectivity index (χ2v) is 4.76. The van der Waals surface area contributed by atoms with Crippen LogP contribution in [0.5, 0.6) is 5.75 Å². The van der Waals surface area contributed by atoms with Gasteiger partial charge in [0.15, 0.2) is 6.61 Å². The van der Waals surface area contributed by atoms with Crippen LogP contribution in [0.2, 0.25) is 0 Å². The first-order valence-corrected chi connectivity index (χ1v) is 7.08. The number of para-hydroxylation sites is 1. The average molecular weight is 311 g/mol. The molecule has 2 aromatic rings. The standard InChI is InChI=1S/C18H17NO4/c20-17(19-12-14-6-2-1-3-7-14)13-23-16-9-5-4-8-15(16)10-11-18(21)22/h1-11H,12-13H2,(H,19,20)(H,21,22). The first kappa shape index (κ1) is 16.3. The van der Waals surface area contributed by atoms with Gasteiger partial charge in [-0.3, -0.25) is 4.79 Å². The Kier molecular flexibility index (Phi) is 5.94. The summed E-state index contributed by atoms with van der Waals surface area (Å²) in [5.41, 5.74) is 1.61. The average Bonchev–Trinajstić information content (AvgIpc) is 2.58. The number of amides is 1. The molecule has 0 heterocycles. The number of hydrogen-bond acceptors (Lipinski definition) is 3. The zero-order valence-electron chi connectivity index (χ0n) is 12.4. The number of carbonyl (C=O) groups is 2. The van der Waals surface area contributed by atoms with Crippen LogP contribution in [-0.2, 0) is 16.1 Å². The lowest BCUT2D eigenvalue weighted by molar-refractivity contribution is -0.131. The van der Waals surface area contributed by atoms with Crippen LogP contribution in [0.3, 0.4) is 0 Å². The fraction of sp³-hybridized carbons (Fsp3) is 0.111. The third-order valence-corrected chi connectivity index (χ3v) is 3.02. The molecular weight excluding hydrogens is 294 g/mol. The Morgan fingerprint density at radius 1 is 1.04 bits per heavy atom. The molecule has 0 bridgehead atoms. The van der Waals surface area contributed by atoms with Gasteiger partial charge in [0, 0.05) is 18.2 Å². The first-order chi connectivity index (χ1) is 11.1. The second kappa shape index (κ2) is 8.38. The van der Waals surface area contributed by atoms with Crippen LogP contribution in [0.4, 0.5) is 0 Å². The molecule has 0 aromatic heterocycles. The van der Waals surface area contributed by atoms with E-state index in [1.165, 1.54) is 6.08 Å². The van der Waals surface area contributed by atoms with Gasteiger partial charge < -0.3 is 15.2 Å². The lowest BCUT2D eigenvalue weighted by atomic mass is 10.2. The Morgan fingerprint density at radius 2 is 1.74 bits per heavy atom. The Labute approximate surface area is 134 Å². The van der Waals surface area contributed by atoms with Crippen LogP contribution in [0.1, 0.15) is 11.1 Å². The van der Waals surface area contributed by atoms with E-state index < -0.39 is 5.97 Å². The quantitative estimate of drug-likeness (QED) is 0.770. The molecule has 2 rings (SSSR count). The molecule has 118 valence electrons. The van der Waals surface area contributed by atoms with Gasteiger partial charge in [0.25, 0.3) is 5.91 Å². The Balaban J connectivity index is 1.88. The molecule has 5 heteroatoms. The third kappa shape index (κ3) is 5.67. The summed E-state index contributed by atoms with van der Waals surface area (Å²) in [7, 11) is 0. The summed E-state index contributed by atoms with van der Waals surface area (Å²) in [4.78, 5) is 22.4. The summed E-state index contributed by atoms with van der Waals surface area (Å²) >= 11 is 0. The number of carboxylic acids is 1. The predicted octanol–water partition coefficient (Wildman–Crippen LogP) is 2.48. The first-order valence-electron chi connectivity index (χ1n) is 7.08. The number of aliphatic carboxylic acids is 1. The minimum atomic E-state index is -1.04. The van der Waals surface area contributed by atoms with Crippen LogP contribution in [0, 0.1) is 0 Å². The van der Waals surface area contributed by atoms with Crippen molar-refractivity contribution in [2.75, 3.05) is 6.61 Å². The number of carbonyl (C=O) groups excluding carboxylic acids is 1. The summed E-state index contributed by atoms with van der Waals surface area (Å²) in [6, 6.07) is 16.5. The molecule has 1 amide bonds. The molecule has 0 fully saturated rings. The van der Waals surface area contributed by atoms with Crippen molar-refractivity contribution in [1.29, 1.82) is 0 Å². The molecule has 0 spiro atoms. The lowest BCUT2D eigenvalue weighted by Gasteiger charge is -2.09. The van der Waals surface area contributed by atoms with Crippen LogP contribution in [0.15, 0.2) is 60.7 Å². The minimum Gasteiger partial charge on any atom is -0.483 e. The molecule has 0 unspecified atom stereocenters. The van der Waals surface area contributed by atoms with Gasteiger partial charge in [-0.1, -0.05) is 48.5 Å². The van der Waals surface area contributed by atoms with Crippen molar-refractivity contribution < 1.29 is 19.4 Å². The molecule has 2 aromatic carbocycles. The number of carboxylic acid groups (broad SMARTS) is 1. The van der Waals surface area contributed by atoms with Crippen molar-refractivity contribution >= 4 is 18.0 Å². The van der Waals surface area contributed by atoms with Crippen LogP contribution in [-0.4, -0.2) is 23.6 Å². The van der Waals surface area contributed by atoms with E-state index in [-0.39, 0.29) is 12.5 Å². The van der Waals surface area contributed by atoms with Gasteiger partial charge in [-0.05, 0) is 17.7 Å². The maximum absolute atomic E-state index is 11.8. The zero-order chi connectivity index (χ0) is 16.5. The molecular formula is C18H17NO4. The monoisotopic (exact) mass is 311 g/mol. The van der Waals surface area contributed by atoms with Crippen molar-refractivity contribution in [2.45, 2.75) is 6.54 Å².